The highest BCUT2D eigenvalue weighted by molar-refractivity contribution is 7.25. The predicted molar refractivity (Wildman–Crippen MR) is 211 cm³/mol. The van der Waals surface area contributed by atoms with Gasteiger partial charge in [-0.05, 0) is 41.5 Å². The first-order valence-electron chi connectivity index (χ1n) is 16.9. The summed E-state index contributed by atoms with van der Waals surface area (Å²) in [5.74, 6) is 1.62. The van der Waals surface area contributed by atoms with Gasteiger partial charge in [-0.3, -0.25) is 0 Å². The van der Waals surface area contributed by atoms with Crippen LogP contribution in [0.4, 0.5) is 0 Å². The number of amidine groups is 2. The zero-order valence-corrected chi connectivity index (χ0v) is 27.8. The summed E-state index contributed by atoms with van der Waals surface area (Å²) in [5, 5.41) is 8.50. The van der Waals surface area contributed by atoms with Crippen LogP contribution in [-0.2, 0) is 0 Å². The third kappa shape index (κ3) is 4.66. The Balaban J connectivity index is 1.27. The van der Waals surface area contributed by atoms with Crippen molar-refractivity contribution in [3.63, 3.8) is 0 Å². The fourth-order valence-corrected chi connectivity index (χ4v) is 8.61. The first-order valence-corrected chi connectivity index (χ1v) is 17.7. The van der Waals surface area contributed by atoms with Gasteiger partial charge in [-0.2, -0.15) is 0 Å². The van der Waals surface area contributed by atoms with Gasteiger partial charge in [-0.1, -0.05) is 140 Å². The molecule has 2 aromatic heterocycles. The summed E-state index contributed by atoms with van der Waals surface area (Å²) in [4.78, 5) is 10.7. The lowest BCUT2D eigenvalue weighted by Gasteiger charge is -2.23. The van der Waals surface area contributed by atoms with E-state index in [1.807, 2.05) is 23.5 Å². The number of benzene rings is 7. The van der Waals surface area contributed by atoms with Gasteiger partial charge >= 0.3 is 0 Å². The maximum Gasteiger partial charge on any atom is 0.170 e. The fraction of sp³-hybridized carbons (Fsp3) is 0.0222. The molecule has 10 rings (SSSR count). The maximum absolute atomic E-state index is 5.35. The van der Waals surface area contributed by atoms with Crippen LogP contribution >= 0.6 is 11.3 Å². The van der Waals surface area contributed by atoms with E-state index in [4.69, 9.17) is 9.98 Å². The van der Waals surface area contributed by atoms with Gasteiger partial charge in [0.2, 0.25) is 0 Å². The molecule has 0 saturated carbocycles. The van der Waals surface area contributed by atoms with Crippen LogP contribution in [0.15, 0.2) is 180 Å². The molecule has 1 N–H and O–H groups in total. The van der Waals surface area contributed by atoms with Gasteiger partial charge in [-0.25, -0.2) is 9.98 Å². The molecule has 0 bridgehead atoms. The van der Waals surface area contributed by atoms with Crippen molar-refractivity contribution in [3.8, 4) is 16.8 Å². The standard InChI is InChI=1S/C45H30N4S/c1-4-15-29(16-5-1)33-23-14-25-38-41(33)34-21-10-12-24-37(34)49(38)32-27-36(42-35-22-11-13-26-39(35)50-40(42)28-32)45-47-43(30-17-6-2-7-18-30)46-44(48-45)31-19-8-3-9-20-31/h1-28,45H,(H,46,47,48). The molecule has 0 aliphatic carbocycles. The average Bonchev–Trinajstić information content (AvgIpc) is 3.74. The summed E-state index contributed by atoms with van der Waals surface area (Å²) < 4.78 is 4.90. The summed E-state index contributed by atoms with van der Waals surface area (Å²) in [6.07, 6.45) is -0.463. The van der Waals surface area contributed by atoms with Crippen molar-refractivity contribution in [2.45, 2.75) is 6.17 Å². The highest BCUT2D eigenvalue weighted by atomic mass is 32.1. The highest BCUT2D eigenvalue weighted by Crippen LogP contribution is 2.44. The Hall–Kier alpha value is -6.30. The number of nitrogens with zero attached hydrogens (tertiary/aromatic N) is 3. The molecule has 5 heteroatoms. The normalized spacial score (nSPS) is 13.5. The van der Waals surface area contributed by atoms with E-state index >= 15 is 0 Å². The number of aliphatic imine (C=N–C) groups is 2. The quantitative estimate of drug-likeness (QED) is 0.196. The second-order valence-electron chi connectivity index (χ2n) is 12.6. The van der Waals surface area contributed by atoms with Gasteiger partial charge in [0.25, 0.3) is 0 Å². The fourth-order valence-electron chi connectivity index (χ4n) is 7.43. The van der Waals surface area contributed by atoms with Gasteiger partial charge in [-0.15, -0.1) is 11.3 Å². The monoisotopic (exact) mass is 658 g/mol. The van der Waals surface area contributed by atoms with E-state index in [0.717, 1.165) is 34.0 Å². The van der Waals surface area contributed by atoms with Crippen LogP contribution in [0.5, 0.6) is 0 Å². The number of para-hydroxylation sites is 1. The zero-order valence-electron chi connectivity index (χ0n) is 27.0. The molecule has 0 radical (unpaired) electrons. The van der Waals surface area contributed by atoms with Gasteiger partial charge < -0.3 is 9.88 Å². The number of fused-ring (bicyclic) bond motifs is 6. The molecule has 4 nitrogen and oxygen atoms in total. The second kappa shape index (κ2) is 11.7. The minimum atomic E-state index is -0.463. The van der Waals surface area contributed by atoms with E-state index in [2.05, 4.69) is 168 Å². The van der Waals surface area contributed by atoms with E-state index < -0.39 is 6.17 Å². The smallest absolute Gasteiger partial charge is 0.170 e. The molecule has 3 heterocycles. The van der Waals surface area contributed by atoms with Crippen molar-refractivity contribution in [1.82, 2.24) is 9.88 Å². The SMILES string of the molecule is c1ccc(C2=NC(c3cc(-n4c5ccccc5c5c(-c6ccccc6)cccc54)cc4sc5ccccc5c34)N=C(c3ccccc3)N2)cc1. The van der Waals surface area contributed by atoms with Crippen LogP contribution < -0.4 is 5.32 Å². The lowest BCUT2D eigenvalue weighted by molar-refractivity contribution is 0.762. The molecule has 1 aliphatic rings. The minimum Gasteiger partial charge on any atom is -0.324 e. The number of hydrogen-bond donors (Lipinski definition) is 1. The Morgan fingerprint density at radius 3 is 1.76 bits per heavy atom. The van der Waals surface area contributed by atoms with Crippen molar-refractivity contribution >= 4 is 65.0 Å². The molecule has 0 saturated heterocycles. The molecule has 0 spiro atoms. The van der Waals surface area contributed by atoms with E-state index in [-0.39, 0.29) is 0 Å². The van der Waals surface area contributed by atoms with E-state index in [1.54, 1.807) is 0 Å². The molecule has 236 valence electrons. The Labute approximate surface area is 293 Å². The molecule has 0 amide bonds. The van der Waals surface area contributed by atoms with Gasteiger partial charge in [0.1, 0.15) is 11.7 Å². The molecule has 0 fully saturated rings. The number of aromatic nitrogens is 1. The lowest BCUT2D eigenvalue weighted by Crippen LogP contribution is -2.36. The Bertz CT molecular complexity index is 2720. The third-order valence-corrected chi connectivity index (χ3v) is 10.8. The Kier molecular flexibility index (Phi) is 6.71. The van der Waals surface area contributed by atoms with Crippen LogP contribution in [-0.4, -0.2) is 16.2 Å². The van der Waals surface area contributed by atoms with Crippen molar-refractivity contribution in [1.29, 1.82) is 0 Å². The van der Waals surface area contributed by atoms with E-state index in [0.29, 0.717) is 0 Å². The molecule has 0 atom stereocenters. The molecule has 0 unspecified atom stereocenters. The van der Waals surface area contributed by atoms with E-state index in [9.17, 15) is 0 Å². The van der Waals surface area contributed by atoms with Gasteiger partial charge in [0.05, 0.1) is 11.0 Å². The van der Waals surface area contributed by atoms with Gasteiger partial charge in [0, 0.05) is 53.3 Å². The van der Waals surface area contributed by atoms with Crippen LogP contribution in [0.25, 0.3) is 58.8 Å². The van der Waals surface area contributed by atoms with Crippen LogP contribution in [0, 0.1) is 0 Å². The largest absolute Gasteiger partial charge is 0.324 e. The second-order valence-corrected chi connectivity index (χ2v) is 13.7. The summed E-state index contributed by atoms with van der Waals surface area (Å²) in [7, 11) is 0. The first kappa shape index (κ1) is 28.7. The Morgan fingerprint density at radius 2 is 1.06 bits per heavy atom. The van der Waals surface area contributed by atoms with Crippen molar-refractivity contribution in [2.75, 3.05) is 0 Å². The molecule has 50 heavy (non-hydrogen) atoms. The molecule has 1 aliphatic heterocycles. The third-order valence-electron chi connectivity index (χ3n) is 9.65. The topological polar surface area (TPSA) is 41.7 Å². The van der Waals surface area contributed by atoms with Crippen LogP contribution in [0.2, 0.25) is 0 Å². The molecular formula is C45H30N4S. The zero-order chi connectivity index (χ0) is 33.0. The lowest BCUT2D eigenvalue weighted by atomic mass is 9.99. The maximum atomic E-state index is 5.35. The van der Waals surface area contributed by atoms with E-state index in [1.165, 1.54) is 53.1 Å². The number of hydrogen-bond acceptors (Lipinski definition) is 4. The van der Waals surface area contributed by atoms with Gasteiger partial charge in [0.15, 0.2) is 6.17 Å². The summed E-state index contributed by atoms with van der Waals surface area (Å²) in [5.41, 5.74) is 9.02. The summed E-state index contributed by atoms with van der Waals surface area (Å²) in [6, 6.07) is 60.2. The summed E-state index contributed by atoms with van der Waals surface area (Å²) in [6.45, 7) is 0. The van der Waals surface area contributed by atoms with Crippen molar-refractivity contribution < 1.29 is 0 Å². The molecular weight excluding hydrogens is 629 g/mol. The van der Waals surface area contributed by atoms with Crippen LogP contribution in [0.3, 0.4) is 0 Å². The number of thiophene rings is 1. The number of nitrogens with one attached hydrogen (secondary N) is 1. The average molecular weight is 659 g/mol. The minimum absolute atomic E-state index is 0.463. The highest BCUT2D eigenvalue weighted by Gasteiger charge is 2.25. The van der Waals surface area contributed by atoms with Crippen molar-refractivity contribution in [3.05, 3.63) is 187 Å². The Morgan fingerprint density at radius 1 is 0.480 bits per heavy atom. The summed E-state index contributed by atoms with van der Waals surface area (Å²) >= 11 is 1.83. The van der Waals surface area contributed by atoms with Crippen molar-refractivity contribution in [2.24, 2.45) is 9.98 Å². The van der Waals surface area contributed by atoms with Crippen LogP contribution in [0.1, 0.15) is 22.9 Å². The molecule has 7 aromatic carbocycles. The molecule has 9 aromatic rings. The number of rotatable bonds is 5. The first-order chi connectivity index (χ1) is 24.8. The predicted octanol–water partition coefficient (Wildman–Crippen LogP) is 11.3.